The summed E-state index contributed by atoms with van der Waals surface area (Å²) in [6, 6.07) is 57.7. The third kappa shape index (κ3) is 4.66. The Hall–Kier alpha value is -7.02. The third-order valence-corrected chi connectivity index (χ3v) is 14.2. The summed E-state index contributed by atoms with van der Waals surface area (Å²) in [5.41, 5.74) is 22.8. The molecule has 0 saturated carbocycles. The number of allylic oxidation sites excluding steroid dienone is 7. The maximum absolute atomic E-state index is 2.48. The van der Waals surface area contributed by atoms with Gasteiger partial charge in [-0.1, -0.05) is 190 Å². The molecule has 0 spiro atoms. The summed E-state index contributed by atoms with van der Waals surface area (Å²) in [7, 11) is 0. The van der Waals surface area contributed by atoms with Gasteiger partial charge in [0.15, 0.2) is 0 Å². The van der Waals surface area contributed by atoms with Gasteiger partial charge in [0.05, 0.1) is 0 Å². The van der Waals surface area contributed by atoms with Gasteiger partial charge in [-0.2, -0.15) is 0 Å². The van der Waals surface area contributed by atoms with E-state index in [2.05, 4.69) is 202 Å². The van der Waals surface area contributed by atoms with Crippen LogP contribution in [0.2, 0.25) is 0 Å². The monoisotopic (exact) mass is 748 g/mol. The first-order chi connectivity index (χ1) is 29.0. The van der Waals surface area contributed by atoms with Crippen LogP contribution in [0.5, 0.6) is 0 Å². The molecule has 9 aromatic rings. The number of hydrogen-bond donors (Lipinski definition) is 0. The van der Waals surface area contributed by atoms with Crippen LogP contribution in [-0.4, -0.2) is 0 Å². The molecular formula is C59H40. The Morgan fingerprint density at radius 3 is 1.76 bits per heavy atom. The lowest BCUT2D eigenvalue weighted by Gasteiger charge is -2.34. The van der Waals surface area contributed by atoms with E-state index < -0.39 is 0 Å². The molecule has 1 atom stereocenters. The Kier molecular flexibility index (Phi) is 6.72. The van der Waals surface area contributed by atoms with E-state index in [0.717, 1.165) is 6.42 Å². The van der Waals surface area contributed by atoms with Crippen molar-refractivity contribution in [3.63, 3.8) is 0 Å². The highest BCUT2D eigenvalue weighted by Crippen LogP contribution is 2.52. The van der Waals surface area contributed by atoms with Crippen molar-refractivity contribution < 1.29 is 0 Å². The Morgan fingerprint density at radius 2 is 1.03 bits per heavy atom. The first kappa shape index (κ1) is 33.0. The second-order valence-corrected chi connectivity index (χ2v) is 17.5. The highest BCUT2D eigenvalue weighted by atomic mass is 14.4. The molecule has 0 aromatic heterocycles. The first-order valence-corrected chi connectivity index (χ1v) is 21.1. The summed E-state index contributed by atoms with van der Waals surface area (Å²) in [4.78, 5) is 0. The van der Waals surface area contributed by atoms with E-state index in [9.17, 15) is 0 Å². The van der Waals surface area contributed by atoms with E-state index in [1.165, 1.54) is 127 Å². The van der Waals surface area contributed by atoms with Crippen LogP contribution in [0.4, 0.5) is 0 Å². The molecule has 0 saturated heterocycles. The summed E-state index contributed by atoms with van der Waals surface area (Å²) in [5.74, 6) is 0.368. The molecule has 13 rings (SSSR count). The average molecular weight is 749 g/mol. The lowest BCUT2D eigenvalue weighted by molar-refractivity contribution is 0.661. The van der Waals surface area contributed by atoms with Crippen molar-refractivity contribution >= 4 is 38.4 Å². The average Bonchev–Trinajstić information content (AvgIpc) is 3.52. The number of benzene rings is 9. The maximum atomic E-state index is 2.48. The second-order valence-electron chi connectivity index (χ2n) is 17.5. The van der Waals surface area contributed by atoms with Gasteiger partial charge in [-0.25, -0.2) is 0 Å². The van der Waals surface area contributed by atoms with E-state index in [0.29, 0.717) is 5.92 Å². The third-order valence-electron chi connectivity index (χ3n) is 14.2. The maximum Gasteiger partial charge on any atom is 0.0345 e. The summed E-state index contributed by atoms with van der Waals surface area (Å²) in [6.45, 7) is 4.81. The van der Waals surface area contributed by atoms with E-state index in [4.69, 9.17) is 0 Å². The van der Waals surface area contributed by atoms with Crippen LogP contribution in [0.25, 0.3) is 94.0 Å². The molecule has 0 heterocycles. The minimum Gasteiger partial charge on any atom is -0.0759 e. The Morgan fingerprint density at radius 1 is 0.458 bits per heavy atom. The number of fused-ring (bicyclic) bond motifs is 3. The molecule has 0 N–H and O–H groups in total. The fourth-order valence-electron chi connectivity index (χ4n) is 11.2. The van der Waals surface area contributed by atoms with Crippen molar-refractivity contribution in [3.8, 4) is 55.6 Å². The van der Waals surface area contributed by atoms with Gasteiger partial charge in [-0.05, 0) is 145 Å². The number of rotatable bonds is 4. The van der Waals surface area contributed by atoms with Crippen molar-refractivity contribution in [1.29, 1.82) is 0 Å². The van der Waals surface area contributed by atoms with Crippen molar-refractivity contribution in [2.24, 2.45) is 0 Å². The van der Waals surface area contributed by atoms with Crippen LogP contribution in [0.15, 0.2) is 193 Å². The van der Waals surface area contributed by atoms with Crippen LogP contribution < -0.4 is 0 Å². The molecule has 0 amide bonds. The van der Waals surface area contributed by atoms with Crippen molar-refractivity contribution in [3.05, 3.63) is 221 Å². The molecule has 0 aliphatic heterocycles. The van der Waals surface area contributed by atoms with Gasteiger partial charge in [0, 0.05) is 11.3 Å². The molecule has 0 fully saturated rings. The predicted octanol–water partition coefficient (Wildman–Crippen LogP) is 15.6. The van der Waals surface area contributed by atoms with E-state index in [1.54, 1.807) is 0 Å². The van der Waals surface area contributed by atoms with Gasteiger partial charge < -0.3 is 0 Å². The van der Waals surface area contributed by atoms with Gasteiger partial charge in [0.1, 0.15) is 0 Å². The zero-order chi connectivity index (χ0) is 39.0. The molecule has 276 valence electrons. The Labute approximate surface area is 345 Å². The van der Waals surface area contributed by atoms with Gasteiger partial charge in [0.2, 0.25) is 0 Å². The standard InChI is InChI=1S/C59H40/c1-59(2)53-33-43(35-11-13-37(14-12-35)46-26-17-40-16-15-38-9-6-10-39-20-30-50(46)56(40)55(38)39)23-28-48(53)49-29-24-44(34-54(49)59)47-27-19-42-21-31-51-45(36-7-4-3-5-8-36)25-18-41-22-32-52(47)58(42)57(41)51/h3-29,31-34,55H,30H2,1-2H3. The first-order valence-electron chi connectivity index (χ1n) is 21.1. The lowest BCUT2D eigenvalue weighted by atomic mass is 9.70. The number of hydrogen-bond acceptors (Lipinski definition) is 0. The minimum atomic E-state index is -0.140. The van der Waals surface area contributed by atoms with E-state index >= 15 is 0 Å². The van der Waals surface area contributed by atoms with Crippen LogP contribution in [-0.2, 0) is 11.8 Å². The van der Waals surface area contributed by atoms with Crippen LogP contribution >= 0.6 is 0 Å². The van der Waals surface area contributed by atoms with Crippen LogP contribution in [0.1, 0.15) is 47.6 Å². The zero-order valence-electron chi connectivity index (χ0n) is 33.2. The SMILES string of the molecule is CC1(C)c2cc(-c3ccc(-c4ccc5c6c4CC=C4C=CC=C(C=C5)C46)cc3)ccc2-c2ccc(-c3ccc4ccc5c(-c6ccccc6)ccc6ccc3c4c65)cc21. The van der Waals surface area contributed by atoms with Crippen LogP contribution in [0, 0.1) is 0 Å². The molecule has 4 aliphatic rings. The highest BCUT2D eigenvalue weighted by molar-refractivity contribution is 6.27. The predicted molar refractivity (Wildman–Crippen MR) is 250 cm³/mol. The molecule has 0 radical (unpaired) electrons. The largest absolute Gasteiger partial charge is 0.0759 e. The lowest BCUT2D eigenvalue weighted by Crippen LogP contribution is -2.18. The molecule has 9 aromatic carbocycles. The van der Waals surface area contributed by atoms with Crippen molar-refractivity contribution in [1.82, 2.24) is 0 Å². The zero-order valence-corrected chi connectivity index (χ0v) is 33.2. The van der Waals surface area contributed by atoms with Gasteiger partial charge in [-0.3, -0.25) is 0 Å². The Balaban J connectivity index is 0.856. The van der Waals surface area contributed by atoms with Crippen LogP contribution in [0.3, 0.4) is 0 Å². The molecule has 0 nitrogen and oxygen atoms in total. The smallest absolute Gasteiger partial charge is 0.0345 e. The molecule has 0 heteroatoms. The fourth-order valence-corrected chi connectivity index (χ4v) is 11.2. The second kappa shape index (κ2) is 12.0. The summed E-state index contributed by atoms with van der Waals surface area (Å²) in [5, 5.41) is 7.93. The van der Waals surface area contributed by atoms with Crippen molar-refractivity contribution in [2.45, 2.75) is 31.6 Å². The molecule has 1 unspecified atom stereocenters. The van der Waals surface area contributed by atoms with Gasteiger partial charge in [0.25, 0.3) is 0 Å². The summed E-state index contributed by atoms with van der Waals surface area (Å²) < 4.78 is 0. The normalized spacial score (nSPS) is 16.6. The molecular weight excluding hydrogens is 709 g/mol. The minimum absolute atomic E-state index is 0.140. The van der Waals surface area contributed by atoms with Gasteiger partial charge in [-0.15, -0.1) is 0 Å². The van der Waals surface area contributed by atoms with E-state index in [-0.39, 0.29) is 5.41 Å². The van der Waals surface area contributed by atoms with Gasteiger partial charge >= 0.3 is 0 Å². The topological polar surface area (TPSA) is 0 Å². The summed E-state index contributed by atoms with van der Waals surface area (Å²) in [6.07, 6.45) is 14.8. The summed E-state index contributed by atoms with van der Waals surface area (Å²) >= 11 is 0. The fraction of sp³-hybridized carbons (Fsp3) is 0.0847. The van der Waals surface area contributed by atoms with Crippen molar-refractivity contribution in [2.75, 3.05) is 0 Å². The highest BCUT2D eigenvalue weighted by Gasteiger charge is 2.36. The molecule has 4 aliphatic carbocycles. The molecule has 0 bridgehead atoms. The van der Waals surface area contributed by atoms with E-state index in [1.807, 2.05) is 0 Å². The Bertz CT molecular complexity index is 3400. The molecule has 59 heavy (non-hydrogen) atoms. The quantitative estimate of drug-likeness (QED) is 0.157.